The number of aromatic carboxylic acids is 1. The Kier molecular flexibility index (Phi) is 3.35. The second-order valence-corrected chi connectivity index (χ2v) is 5.58. The molecule has 104 valence electrons. The zero-order valence-corrected chi connectivity index (χ0v) is 11.3. The minimum absolute atomic E-state index is 0.0294. The Bertz CT molecular complexity index is 655. The van der Waals surface area contributed by atoms with Crippen molar-refractivity contribution in [3.63, 3.8) is 0 Å². The molecule has 20 heavy (non-hydrogen) atoms. The summed E-state index contributed by atoms with van der Waals surface area (Å²) in [5.74, 6) is -0.705. The van der Waals surface area contributed by atoms with Crippen LogP contribution in [-0.2, 0) is 0 Å². The fraction of sp³-hybridized carbons (Fsp3) is 0.353. The van der Waals surface area contributed by atoms with E-state index in [9.17, 15) is 9.90 Å². The van der Waals surface area contributed by atoms with Gasteiger partial charge in [-0.2, -0.15) is 0 Å². The van der Waals surface area contributed by atoms with Gasteiger partial charge in [-0.3, -0.25) is 0 Å². The normalized spacial score (nSPS) is 16.4. The van der Waals surface area contributed by atoms with E-state index < -0.39 is 5.97 Å². The van der Waals surface area contributed by atoms with Gasteiger partial charge in [0.25, 0.3) is 0 Å². The highest BCUT2D eigenvalue weighted by Gasteiger charge is 2.19. The van der Waals surface area contributed by atoms with Gasteiger partial charge in [-0.25, -0.2) is 4.79 Å². The molecule has 0 spiro atoms. The van der Waals surface area contributed by atoms with Gasteiger partial charge in [0, 0.05) is 0 Å². The lowest BCUT2D eigenvalue weighted by Crippen LogP contribution is -2.05. The molecule has 0 saturated heterocycles. The van der Waals surface area contributed by atoms with Crippen LogP contribution in [0.25, 0.3) is 10.8 Å². The monoisotopic (exact) mass is 270 g/mol. The summed E-state index contributed by atoms with van der Waals surface area (Å²) in [7, 11) is 0. The number of hydrogen-bond donors (Lipinski definition) is 2. The third-order valence-corrected chi connectivity index (χ3v) is 4.31. The van der Waals surface area contributed by atoms with E-state index in [1.165, 1.54) is 37.7 Å². The minimum atomic E-state index is -1.09. The van der Waals surface area contributed by atoms with Crippen LogP contribution in [0.4, 0.5) is 0 Å². The molecule has 3 nitrogen and oxygen atoms in total. The molecule has 0 aromatic heterocycles. The van der Waals surface area contributed by atoms with Gasteiger partial charge < -0.3 is 10.2 Å². The predicted octanol–water partition coefficient (Wildman–Crippen LogP) is 4.29. The van der Waals surface area contributed by atoms with Gasteiger partial charge in [-0.05, 0) is 47.2 Å². The number of fused-ring (bicyclic) bond motifs is 1. The summed E-state index contributed by atoms with van der Waals surface area (Å²) in [5.41, 5.74) is 1.22. The zero-order valence-electron chi connectivity index (χ0n) is 11.3. The van der Waals surface area contributed by atoms with Gasteiger partial charge in [0.05, 0.1) is 0 Å². The first-order valence-corrected chi connectivity index (χ1v) is 7.16. The number of rotatable bonds is 2. The quantitative estimate of drug-likeness (QED) is 0.855. The highest BCUT2D eigenvalue weighted by molar-refractivity contribution is 5.98. The molecule has 0 aliphatic heterocycles. The van der Waals surface area contributed by atoms with E-state index >= 15 is 0 Å². The Morgan fingerprint density at radius 2 is 1.85 bits per heavy atom. The van der Waals surface area contributed by atoms with Crippen molar-refractivity contribution >= 4 is 16.7 Å². The topological polar surface area (TPSA) is 57.5 Å². The third kappa shape index (κ3) is 2.24. The average Bonchev–Trinajstić information content (AvgIpc) is 2.46. The van der Waals surface area contributed by atoms with E-state index in [4.69, 9.17) is 5.11 Å². The lowest BCUT2D eigenvalue weighted by atomic mass is 9.82. The Labute approximate surface area is 117 Å². The SMILES string of the molecule is O=C(O)c1cc2cccc(C3CCCCC3)c2cc1O. The first-order chi connectivity index (χ1) is 9.66. The van der Waals surface area contributed by atoms with Crippen LogP contribution in [0.3, 0.4) is 0 Å². The van der Waals surface area contributed by atoms with Gasteiger partial charge in [0.2, 0.25) is 0 Å². The molecule has 2 N–H and O–H groups in total. The van der Waals surface area contributed by atoms with Crippen LogP contribution in [-0.4, -0.2) is 16.2 Å². The molecule has 0 bridgehead atoms. The van der Waals surface area contributed by atoms with Gasteiger partial charge >= 0.3 is 5.97 Å². The molecule has 2 aromatic rings. The van der Waals surface area contributed by atoms with Crippen LogP contribution in [0.1, 0.15) is 53.9 Å². The number of carbonyl (C=O) groups is 1. The molecule has 3 rings (SSSR count). The lowest BCUT2D eigenvalue weighted by molar-refractivity contribution is 0.0694. The molecule has 0 atom stereocenters. The number of hydrogen-bond acceptors (Lipinski definition) is 2. The zero-order chi connectivity index (χ0) is 14.1. The molecule has 1 fully saturated rings. The number of benzene rings is 2. The summed E-state index contributed by atoms with van der Waals surface area (Å²) in [4.78, 5) is 11.1. The summed E-state index contributed by atoms with van der Waals surface area (Å²) in [6, 6.07) is 9.18. The van der Waals surface area contributed by atoms with Gasteiger partial charge in [0.1, 0.15) is 11.3 Å². The van der Waals surface area contributed by atoms with Crippen molar-refractivity contribution in [2.75, 3.05) is 0 Å². The van der Waals surface area contributed by atoms with Crippen LogP contribution in [0, 0.1) is 0 Å². The molecule has 0 unspecified atom stereocenters. The molecule has 0 heterocycles. The van der Waals surface area contributed by atoms with Gasteiger partial charge in [-0.1, -0.05) is 37.5 Å². The van der Waals surface area contributed by atoms with Gasteiger partial charge in [-0.15, -0.1) is 0 Å². The summed E-state index contributed by atoms with van der Waals surface area (Å²) in [5, 5.41) is 20.9. The van der Waals surface area contributed by atoms with Crippen LogP contribution in [0.15, 0.2) is 30.3 Å². The molecule has 2 aromatic carbocycles. The summed E-state index contributed by atoms with van der Waals surface area (Å²) in [6.07, 6.45) is 6.16. The predicted molar refractivity (Wildman–Crippen MR) is 78.4 cm³/mol. The fourth-order valence-electron chi connectivity index (χ4n) is 3.28. The molecular formula is C17H18O3. The van der Waals surface area contributed by atoms with Crippen molar-refractivity contribution in [3.8, 4) is 5.75 Å². The van der Waals surface area contributed by atoms with E-state index in [0.717, 1.165) is 10.8 Å². The van der Waals surface area contributed by atoms with Crippen molar-refractivity contribution in [3.05, 3.63) is 41.5 Å². The summed E-state index contributed by atoms with van der Waals surface area (Å²) in [6.45, 7) is 0. The molecule has 1 aliphatic carbocycles. The van der Waals surface area contributed by atoms with Crippen LogP contribution >= 0.6 is 0 Å². The highest BCUT2D eigenvalue weighted by Crippen LogP contribution is 2.38. The number of carboxylic acids is 1. The first kappa shape index (κ1) is 13.0. The standard InChI is InChI=1S/C17H18O3/c18-16-10-14-12(9-15(16)17(19)20)7-4-8-13(14)11-5-2-1-3-6-11/h4,7-11,18H,1-3,5-6H2,(H,19,20). The smallest absolute Gasteiger partial charge is 0.339 e. The Morgan fingerprint density at radius 1 is 1.10 bits per heavy atom. The molecule has 0 radical (unpaired) electrons. The van der Waals surface area contributed by atoms with Gasteiger partial charge in [0.15, 0.2) is 0 Å². The van der Waals surface area contributed by atoms with Crippen molar-refractivity contribution in [1.82, 2.24) is 0 Å². The molecule has 0 amide bonds. The lowest BCUT2D eigenvalue weighted by Gasteiger charge is -2.23. The number of carboxylic acid groups (broad SMARTS) is 1. The first-order valence-electron chi connectivity index (χ1n) is 7.16. The largest absolute Gasteiger partial charge is 0.507 e. The molecular weight excluding hydrogens is 252 g/mol. The molecule has 1 saturated carbocycles. The van der Waals surface area contributed by atoms with E-state index in [1.54, 1.807) is 12.1 Å². The van der Waals surface area contributed by atoms with Crippen LogP contribution < -0.4 is 0 Å². The van der Waals surface area contributed by atoms with E-state index in [0.29, 0.717) is 5.92 Å². The van der Waals surface area contributed by atoms with Crippen LogP contribution in [0.5, 0.6) is 5.75 Å². The highest BCUT2D eigenvalue weighted by atomic mass is 16.4. The Balaban J connectivity index is 2.14. The van der Waals surface area contributed by atoms with Crippen LogP contribution in [0.2, 0.25) is 0 Å². The maximum atomic E-state index is 11.1. The van der Waals surface area contributed by atoms with Crippen molar-refractivity contribution < 1.29 is 15.0 Å². The van der Waals surface area contributed by atoms with Crippen molar-refractivity contribution in [1.29, 1.82) is 0 Å². The van der Waals surface area contributed by atoms with E-state index in [1.807, 2.05) is 12.1 Å². The second-order valence-electron chi connectivity index (χ2n) is 5.58. The molecule has 3 heteroatoms. The summed E-state index contributed by atoms with van der Waals surface area (Å²) < 4.78 is 0. The van der Waals surface area contributed by atoms with Crippen molar-refractivity contribution in [2.45, 2.75) is 38.0 Å². The number of aromatic hydroxyl groups is 1. The Hall–Kier alpha value is -2.03. The van der Waals surface area contributed by atoms with E-state index in [2.05, 4.69) is 6.07 Å². The third-order valence-electron chi connectivity index (χ3n) is 4.31. The minimum Gasteiger partial charge on any atom is -0.507 e. The van der Waals surface area contributed by atoms with E-state index in [-0.39, 0.29) is 11.3 Å². The maximum Gasteiger partial charge on any atom is 0.339 e. The van der Waals surface area contributed by atoms with Crippen molar-refractivity contribution in [2.24, 2.45) is 0 Å². The fourth-order valence-corrected chi connectivity index (χ4v) is 3.28. The number of phenols is 1. The molecule has 1 aliphatic rings. The second kappa shape index (κ2) is 5.16. The Morgan fingerprint density at radius 3 is 2.55 bits per heavy atom. The average molecular weight is 270 g/mol. The summed E-state index contributed by atoms with van der Waals surface area (Å²) >= 11 is 0. The maximum absolute atomic E-state index is 11.1.